The molecular weight excluding hydrogens is 480 g/mol. The van der Waals surface area contributed by atoms with E-state index in [4.69, 9.17) is 14.2 Å². The highest BCUT2D eigenvalue weighted by molar-refractivity contribution is 5.47. The van der Waals surface area contributed by atoms with Crippen LogP contribution in [0.15, 0.2) is 121 Å². The molecule has 0 amide bonds. The van der Waals surface area contributed by atoms with E-state index in [1.54, 1.807) is 0 Å². The summed E-state index contributed by atoms with van der Waals surface area (Å²) in [6, 6.07) is 39.1. The minimum absolute atomic E-state index is 0.0746. The van der Waals surface area contributed by atoms with Crippen LogP contribution in [0, 0.1) is 0 Å². The molecule has 6 heteroatoms. The standard InChI is InChI=1S/C32H32O6/c33-28-27(38-31(30(35)29(28)34)36-21-23-13-5-1-6-14-23)22-37-32(24-15-7-2-8-16-24,25-17-9-3-10-18-25)26-19-11-4-12-20-26/h1-20,27-31,33-35H,21-22H2/t27?,28-,29?,30+,31-/m1/s1. The molecule has 1 fully saturated rings. The highest BCUT2D eigenvalue weighted by atomic mass is 16.7. The fourth-order valence-corrected chi connectivity index (χ4v) is 4.92. The van der Waals surface area contributed by atoms with Crippen LogP contribution >= 0.6 is 0 Å². The van der Waals surface area contributed by atoms with Gasteiger partial charge in [0.25, 0.3) is 0 Å². The van der Waals surface area contributed by atoms with Crippen LogP contribution in [0.4, 0.5) is 0 Å². The number of aliphatic hydroxyl groups excluding tert-OH is 3. The highest BCUT2D eigenvalue weighted by Crippen LogP contribution is 2.41. The minimum atomic E-state index is -1.46. The van der Waals surface area contributed by atoms with Crippen molar-refractivity contribution in [3.05, 3.63) is 144 Å². The number of hydrogen-bond donors (Lipinski definition) is 3. The molecule has 3 N–H and O–H groups in total. The van der Waals surface area contributed by atoms with E-state index in [0.29, 0.717) is 0 Å². The first kappa shape index (κ1) is 26.3. The molecule has 38 heavy (non-hydrogen) atoms. The number of ether oxygens (including phenoxy) is 3. The van der Waals surface area contributed by atoms with Crippen molar-refractivity contribution in [2.24, 2.45) is 0 Å². The zero-order valence-electron chi connectivity index (χ0n) is 20.9. The Labute approximate surface area is 222 Å². The molecule has 4 aromatic carbocycles. The summed E-state index contributed by atoms with van der Waals surface area (Å²) in [4.78, 5) is 0. The molecular formula is C32H32O6. The summed E-state index contributed by atoms with van der Waals surface area (Å²) in [5.41, 5.74) is 2.59. The van der Waals surface area contributed by atoms with E-state index in [1.807, 2.05) is 121 Å². The van der Waals surface area contributed by atoms with E-state index in [-0.39, 0.29) is 13.2 Å². The van der Waals surface area contributed by atoms with Gasteiger partial charge in [-0.3, -0.25) is 0 Å². The summed E-state index contributed by atoms with van der Waals surface area (Å²) >= 11 is 0. The molecule has 2 unspecified atom stereocenters. The Bertz CT molecular complexity index is 1160. The van der Waals surface area contributed by atoms with Crippen molar-refractivity contribution in [3.8, 4) is 0 Å². The quantitative estimate of drug-likeness (QED) is 0.294. The Morgan fingerprint density at radius 1 is 0.579 bits per heavy atom. The first-order valence-corrected chi connectivity index (χ1v) is 12.8. The molecule has 0 radical (unpaired) electrons. The molecule has 4 aromatic rings. The summed E-state index contributed by atoms with van der Waals surface area (Å²) in [7, 11) is 0. The first-order chi connectivity index (χ1) is 18.6. The van der Waals surface area contributed by atoms with Crippen molar-refractivity contribution < 1.29 is 29.5 Å². The van der Waals surface area contributed by atoms with Crippen LogP contribution in [-0.2, 0) is 26.4 Å². The number of hydrogen-bond acceptors (Lipinski definition) is 6. The zero-order valence-corrected chi connectivity index (χ0v) is 20.9. The Morgan fingerprint density at radius 2 is 1.03 bits per heavy atom. The summed E-state index contributed by atoms with van der Waals surface area (Å²) in [5.74, 6) is 0. The highest BCUT2D eigenvalue weighted by Gasteiger charge is 2.46. The Balaban J connectivity index is 1.45. The summed E-state index contributed by atoms with van der Waals surface area (Å²) < 4.78 is 18.6. The van der Waals surface area contributed by atoms with Crippen LogP contribution in [0.5, 0.6) is 0 Å². The minimum Gasteiger partial charge on any atom is -0.387 e. The van der Waals surface area contributed by atoms with Gasteiger partial charge in [0, 0.05) is 0 Å². The van der Waals surface area contributed by atoms with Crippen molar-refractivity contribution in [1.82, 2.24) is 0 Å². The van der Waals surface area contributed by atoms with E-state index >= 15 is 0 Å². The van der Waals surface area contributed by atoms with Crippen LogP contribution in [0.1, 0.15) is 22.3 Å². The van der Waals surface area contributed by atoms with Crippen molar-refractivity contribution in [3.63, 3.8) is 0 Å². The van der Waals surface area contributed by atoms with Crippen LogP contribution in [0.3, 0.4) is 0 Å². The summed E-state index contributed by atoms with van der Waals surface area (Å²) in [6.45, 7) is 0.107. The monoisotopic (exact) mass is 512 g/mol. The maximum atomic E-state index is 10.8. The third kappa shape index (κ3) is 5.42. The van der Waals surface area contributed by atoms with Gasteiger partial charge >= 0.3 is 0 Å². The lowest BCUT2D eigenvalue weighted by Gasteiger charge is -2.42. The molecule has 0 bridgehead atoms. The SMILES string of the molecule is OC1[C@H](O)C(COC(c2ccccc2)(c2ccccc2)c2ccccc2)O[C@@H](OCc2ccccc2)[C@H]1O. The van der Waals surface area contributed by atoms with Crippen LogP contribution < -0.4 is 0 Å². The van der Waals surface area contributed by atoms with Crippen LogP contribution in [-0.4, -0.2) is 52.6 Å². The van der Waals surface area contributed by atoms with E-state index < -0.39 is 36.3 Å². The number of benzene rings is 4. The lowest BCUT2D eigenvalue weighted by molar-refractivity contribution is -0.308. The number of aliphatic hydroxyl groups is 3. The molecule has 1 aliphatic heterocycles. The third-order valence-corrected chi connectivity index (χ3v) is 6.93. The van der Waals surface area contributed by atoms with Crippen molar-refractivity contribution in [2.75, 3.05) is 6.61 Å². The Hall–Kier alpha value is -3.36. The maximum absolute atomic E-state index is 10.8. The van der Waals surface area contributed by atoms with Gasteiger partial charge in [0.1, 0.15) is 30.0 Å². The molecule has 0 spiro atoms. The smallest absolute Gasteiger partial charge is 0.187 e. The van der Waals surface area contributed by atoms with E-state index in [1.165, 1.54) is 0 Å². The predicted octanol–water partition coefficient (Wildman–Crippen LogP) is 4.02. The van der Waals surface area contributed by atoms with Gasteiger partial charge in [-0.25, -0.2) is 0 Å². The fourth-order valence-electron chi connectivity index (χ4n) is 4.92. The average Bonchev–Trinajstić information content (AvgIpc) is 2.99. The normalized spacial score (nSPS) is 23.7. The molecule has 0 aromatic heterocycles. The largest absolute Gasteiger partial charge is 0.387 e. The summed E-state index contributed by atoms with van der Waals surface area (Å²) in [5, 5.41) is 32.1. The molecule has 5 atom stereocenters. The van der Waals surface area contributed by atoms with Crippen molar-refractivity contribution >= 4 is 0 Å². The number of rotatable bonds is 9. The molecule has 0 aliphatic carbocycles. The van der Waals surface area contributed by atoms with Gasteiger partial charge in [0.2, 0.25) is 0 Å². The van der Waals surface area contributed by atoms with Crippen LogP contribution in [0.25, 0.3) is 0 Å². The molecule has 1 aliphatic rings. The van der Waals surface area contributed by atoms with Gasteiger partial charge < -0.3 is 29.5 Å². The molecule has 6 nitrogen and oxygen atoms in total. The second kappa shape index (κ2) is 12.0. The zero-order chi connectivity index (χ0) is 26.4. The maximum Gasteiger partial charge on any atom is 0.187 e. The van der Waals surface area contributed by atoms with E-state index in [9.17, 15) is 15.3 Å². The molecule has 196 valence electrons. The second-order valence-electron chi connectivity index (χ2n) is 9.40. The molecule has 1 saturated heterocycles. The van der Waals surface area contributed by atoms with E-state index in [2.05, 4.69) is 0 Å². The van der Waals surface area contributed by atoms with Crippen molar-refractivity contribution in [1.29, 1.82) is 0 Å². The first-order valence-electron chi connectivity index (χ1n) is 12.8. The molecule has 1 heterocycles. The van der Waals surface area contributed by atoms with Crippen LogP contribution in [0.2, 0.25) is 0 Å². The Kier molecular flexibility index (Phi) is 8.29. The Morgan fingerprint density at radius 3 is 1.50 bits per heavy atom. The van der Waals surface area contributed by atoms with Gasteiger partial charge in [0.05, 0.1) is 13.2 Å². The molecule has 5 rings (SSSR count). The average molecular weight is 513 g/mol. The lowest BCUT2D eigenvalue weighted by Crippen LogP contribution is -2.59. The van der Waals surface area contributed by atoms with E-state index in [0.717, 1.165) is 22.3 Å². The molecule has 0 saturated carbocycles. The topological polar surface area (TPSA) is 88.4 Å². The predicted molar refractivity (Wildman–Crippen MR) is 143 cm³/mol. The summed E-state index contributed by atoms with van der Waals surface area (Å²) in [6.07, 6.45) is -6.34. The second-order valence-corrected chi connectivity index (χ2v) is 9.40. The fraction of sp³-hybridized carbons (Fsp3) is 0.250. The van der Waals surface area contributed by atoms with Gasteiger partial charge in [-0.2, -0.15) is 0 Å². The van der Waals surface area contributed by atoms with Crippen molar-refractivity contribution in [2.45, 2.75) is 42.9 Å². The lowest BCUT2D eigenvalue weighted by atomic mass is 9.80. The third-order valence-electron chi connectivity index (χ3n) is 6.93. The van der Waals surface area contributed by atoms with Gasteiger partial charge in [-0.1, -0.05) is 121 Å². The van der Waals surface area contributed by atoms with Gasteiger partial charge in [-0.15, -0.1) is 0 Å². The van der Waals surface area contributed by atoms with Gasteiger partial charge in [0.15, 0.2) is 6.29 Å². The van der Waals surface area contributed by atoms with Gasteiger partial charge in [-0.05, 0) is 22.3 Å².